The highest BCUT2D eigenvalue weighted by molar-refractivity contribution is 8.00. The molecule has 0 bridgehead atoms. The number of amides is 1. The molecule has 1 unspecified atom stereocenters. The molecule has 1 aromatic heterocycles. The Hall–Kier alpha value is -2.15. The van der Waals surface area contributed by atoms with Crippen molar-refractivity contribution in [1.29, 1.82) is 0 Å². The number of rotatable bonds is 8. The number of Topliss-reactive ketones (excluding diaryl/α,β-unsaturated/α-hetero) is 1. The summed E-state index contributed by atoms with van der Waals surface area (Å²) >= 11 is 1.33. The minimum Gasteiger partial charge on any atom is -0.326 e. The topological polar surface area (TPSA) is 87.7 Å². The van der Waals surface area contributed by atoms with Gasteiger partial charge in [-0.05, 0) is 37.6 Å². The fraction of sp³-hybridized carbons (Fsp3) is 0.412. The molecular formula is C17H22N4O2S. The van der Waals surface area contributed by atoms with Crippen LogP contribution in [0.3, 0.4) is 0 Å². The van der Waals surface area contributed by atoms with Crippen LogP contribution in [0.1, 0.15) is 49.8 Å². The standard InChI is InChI=1S/C17H22N4O2S/c1-4-6-15(22)18-13-9-7-12(8-10-13)16(23)11(3)24-17-19-14(5-2)20-21-17/h7-11H,4-6H2,1-3H3,(H,18,22)(H,19,20,21). The molecule has 1 atom stereocenters. The Balaban J connectivity index is 1.97. The molecule has 1 amide bonds. The van der Waals surface area contributed by atoms with E-state index in [2.05, 4.69) is 20.5 Å². The quantitative estimate of drug-likeness (QED) is 0.564. The number of nitrogens with one attached hydrogen (secondary N) is 2. The number of hydrogen-bond donors (Lipinski definition) is 2. The maximum Gasteiger partial charge on any atom is 0.224 e. The van der Waals surface area contributed by atoms with Gasteiger partial charge in [0.25, 0.3) is 0 Å². The Morgan fingerprint density at radius 1 is 1.25 bits per heavy atom. The number of hydrogen-bond acceptors (Lipinski definition) is 5. The largest absolute Gasteiger partial charge is 0.326 e. The number of ketones is 1. The molecule has 1 heterocycles. The number of aryl methyl sites for hydroxylation is 1. The van der Waals surface area contributed by atoms with Gasteiger partial charge in [0, 0.05) is 24.1 Å². The normalized spacial score (nSPS) is 12.0. The average molecular weight is 346 g/mol. The zero-order chi connectivity index (χ0) is 17.5. The molecular weight excluding hydrogens is 324 g/mol. The van der Waals surface area contributed by atoms with Crippen LogP contribution >= 0.6 is 11.8 Å². The number of carbonyl (C=O) groups excluding carboxylic acids is 2. The SMILES string of the molecule is CCCC(=O)Nc1ccc(C(=O)C(C)Sc2n[nH]c(CC)n2)cc1. The van der Waals surface area contributed by atoms with Crippen molar-refractivity contribution < 1.29 is 9.59 Å². The summed E-state index contributed by atoms with van der Waals surface area (Å²) in [5, 5.41) is 10.0. The molecule has 6 nitrogen and oxygen atoms in total. The van der Waals surface area contributed by atoms with E-state index >= 15 is 0 Å². The first-order chi connectivity index (χ1) is 11.5. The summed E-state index contributed by atoms with van der Waals surface area (Å²) in [6.45, 7) is 5.79. The third-order valence-corrected chi connectivity index (χ3v) is 4.39. The first-order valence-corrected chi connectivity index (χ1v) is 8.93. The molecule has 0 aliphatic rings. The molecule has 0 fully saturated rings. The summed E-state index contributed by atoms with van der Waals surface area (Å²) in [4.78, 5) is 28.4. The first-order valence-electron chi connectivity index (χ1n) is 8.05. The molecule has 1 aromatic carbocycles. The lowest BCUT2D eigenvalue weighted by Gasteiger charge is -2.09. The van der Waals surface area contributed by atoms with Crippen LogP contribution in [-0.4, -0.2) is 32.1 Å². The smallest absolute Gasteiger partial charge is 0.224 e. The van der Waals surface area contributed by atoms with Gasteiger partial charge in [-0.25, -0.2) is 4.98 Å². The molecule has 0 spiro atoms. The van der Waals surface area contributed by atoms with Gasteiger partial charge in [-0.1, -0.05) is 25.6 Å². The zero-order valence-electron chi connectivity index (χ0n) is 14.1. The van der Waals surface area contributed by atoms with E-state index in [1.165, 1.54) is 11.8 Å². The van der Waals surface area contributed by atoms with Gasteiger partial charge in [-0.15, -0.1) is 5.10 Å². The molecule has 7 heteroatoms. The monoisotopic (exact) mass is 346 g/mol. The van der Waals surface area contributed by atoms with E-state index in [1.54, 1.807) is 24.3 Å². The summed E-state index contributed by atoms with van der Waals surface area (Å²) in [6, 6.07) is 6.97. The highest BCUT2D eigenvalue weighted by atomic mass is 32.2. The van der Waals surface area contributed by atoms with E-state index in [1.807, 2.05) is 20.8 Å². The Bertz CT molecular complexity index is 697. The Kier molecular flexibility index (Phi) is 6.54. The van der Waals surface area contributed by atoms with E-state index in [-0.39, 0.29) is 16.9 Å². The highest BCUT2D eigenvalue weighted by Gasteiger charge is 2.18. The van der Waals surface area contributed by atoms with Gasteiger partial charge < -0.3 is 5.32 Å². The Labute approximate surface area is 145 Å². The van der Waals surface area contributed by atoms with Crippen molar-refractivity contribution in [2.24, 2.45) is 0 Å². The predicted molar refractivity (Wildman–Crippen MR) is 95.4 cm³/mol. The van der Waals surface area contributed by atoms with Crippen molar-refractivity contribution in [3.05, 3.63) is 35.7 Å². The van der Waals surface area contributed by atoms with Crippen molar-refractivity contribution >= 4 is 29.1 Å². The van der Waals surface area contributed by atoms with Gasteiger partial charge >= 0.3 is 0 Å². The predicted octanol–water partition coefficient (Wildman–Crippen LogP) is 3.47. The molecule has 2 rings (SSSR count). The van der Waals surface area contributed by atoms with Crippen molar-refractivity contribution in [2.45, 2.75) is 50.4 Å². The number of aromatic nitrogens is 3. The van der Waals surface area contributed by atoms with Crippen LogP contribution in [0.4, 0.5) is 5.69 Å². The van der Waals surface area contributed by atoms with Crippen LogP contribution in [-0.2, 0) is 11.2 Å². The lowest BCUT2D eigenvalue weighted by atomic mass is 10.1. The number of thioether (sulfide) groups is 1. The van der Waals surface area contributed by atoms with Crippen molar-refractivity contribution in [1.82, 2.24) is 15.2 Å². The fourth-order valence-electron chi connectivity index (χ4n) is 2.10. The number of anilines is 1. The second-order valence-corrected chi connectivity index (χ2v) is 6.73. The minimum atomic E-state index is -0.286. The maximum atomic E-state index is 12.5. The number of aromatic amines is 1. The van der Waals surface area contributed by atoms with Crippen molar-refractivity contribution in [3.8, 4) is 0 Å². The van der Waals surface area contributed by atoms with Gasteiger partial charge in [-0.3, -0.25) is 14.7 Å². The lowest BCUT2D eigenvalue weighted by Crippen LogP contribution is -2.14. The summed E-state index contributed by atoms with van der Waals surface area (Å²) < 4.78 is 0. The van der Waals surface area contributed by atoms with Crippen LogP contribution in [0.5, 0.6) is 0 Å². The summed E-state index contributed by atoms with van der Waals surface area (Å²) in [6.07, 6.45) is 2.07. The summed E-state index contributed by atoms with van der Waals surface area (Å²) in [5.74, 6) is 0.801. The van der Waals surface area contributed by atoms with E-state index in [4.69, 9.17) is 0 Å². The zero-order valence-corrected chi connectivity index (χ0v) is 14.9. The summed E-state index contributed by atoms with van der Waals surface area (Å²) in [7, 11) is 0. The van der Waals surface area contributed by atoms with E-state index in [0.29, 0.717) is 22.8 Å². The number of benzene rings is 1. The molecule has 0 saturated heterocycles. The van der Waals surface area contributed by atoms with Crippen LogP contribution in [0.2, 0.25) is 0 Å². The molecule has 0 saturated carbocycles. The molecule has 2 aromatic rings. The lowest BCUT2D eigenvalue weighted by molar-refractivity contribution is -0.116. The van der Waals surface area contributed by atoms with Gasteiger partial charge in [0.05, 0.1) is 5.25 Å². The third-order valence-electron chi connectivity index (χ3n) is 3.43. The molecule has 0 radical (unpaired) electrons. The molecule has 2 N–H and O–H groups in total. The minimum absolute atomic E-state index is 0.00860. The van der Waals surface area contributed by atoms with Gasteiger partial charge in [0.1, 0.15) is 5.82 Å². The molecule has 24 heavy (non-hydrogen) atoms. The first kappa shape index (κ1) is 18.2. The second kappa shape index (κ2) is 8.63. The van der Waals surface area contributed by atoms with Crippen LogP contribution in [0.15, 0.2) is 29.4 Å². The number of H-pyrrole nitrogens is 1. The van der Waals surface area contributed by atoms with Crippen LogP contribution in [0, 0.1) is 0 Å². The van der Waals surface area contributed by atoms with E-state index in [0.717, 1.165) is 18.7 Å². The number of nitrogens with zero attached hydrogens (tertiary/aromatic N) is 2. The summed E-state index contributed by atoms with van der Waals surface area (Å²) in [5.41, 5.74) is 1.31. The van der Waals surface area contributed by atoms with Crippen LogP contribution < -0.4 is 5.32 Å². The third kappa shape index (κ3) is 4.92. The highest BCUT2D eigenvalue weighted by Crippen LogP contribution is 2.23. The number of carbonyl (C=O) groups is 2. The fourth-order valence-corrected chi connectivity index (χ4v) is 2.92. The molecule has 0 aliphatic carbocycles. The van der Waals surface area contributed by atoms with Crippen molar-refractivity contribution in [3.63, 3.8) is 0 Å². The second-order valence-electron chi connectivity index (χ2n) is 5.42. The van der Waals surface area contributed by atoms with Gasteiger partial charge in [-0.2, -0.15) is 0 Å². The van der Waals surface area contributed by atoms with E-state index < -0.39 is 0 Å². The Morgan fingerprint density at radius 2 is 1.96 bits per heavy atom. The van der Waals surface area contributed by atoms with Gasteiger partial charge in [0.2, 0.25) is 11.1 Å². The van der Waals surface area contributed by atoms with Gasteiger partial charge in [0.15, 0.2) is 5.78 Å². The Morgan fingerprint density at radius 3 is 2.54 bits per heavy atom. The molecule has 128 valence electrons. The molecule has 0 aliphatic heterocycles. The maximum absolute atomic E-state index is 12.5. The van der Waals surface area contributed by atoms with E-state index in [9.17, 15) is 9.59 Å². The average Bonchev–Trinajstić information content (AvgIpc) is 3.02. The van der Waals surface area contributed by atoms with Crippen LogP contribution in [0.25, 0.3) is 0 Å². The van der Waals surface area contributed by atoms with Crippen molar-refractivity contribution in [2.75, 3.05) is 5.32 Å².